The van der Waals surface area contributed by atoms with Crippen LogP contribution in [0.2, 0.25) is 0 Å². The van der Waals surface area contributed by atoms with Crippen LogP contribution < -0.4 is 5.73 Å². The van der Waals surface area contributed by atoms with Crippen molar-refractivity contribution in [1.82, 2.24) is 15.0 Å². The van der Waals surface area contributed by atoms with Crippen molar-refractivity contribution in [2.24, 2.45) is 5.73 Å². The number of rotatable bonds is 2. The number of carbonyl (C=O) groups is 1. The average Bonchev–Trinajstić information content (AvgIpc) is 2.47. The van der Waals surface area contributed by atoms with Crippen molar-refractivity contribution in [3.05, 3.63) is 53.6 Å². The highest BCUT2D eigenvalue weighted by molar-refractivity contribution is 5.95. The molecule has 5 nitrogen and oxygen atoms in total. The van der Waals surface area contributed by atoms with Crippen LogP contribution in [0.3, 0.4) is 0 Å². The topological polar surface area (TPSA) is 81.8 Å². The summed E-state index contributed by atoms with van der Waals surface area (Å²) in [6, 6.07) is 8.45. The molecule has 0 saturated heterocycles. The fourth-order valence-electron chi connectivity index (χ4n) is 2.17. The molecule has 2 N–H and O–H groups in total. The Kier molecular flexibility index (Phi) is 3.06. The monoisotopic (exact) mass is 282 g/mol. The molecule has 0 aliphatic heterocycles. The summed E-state index contributed by atoms with van der Waals surface area (Å²) in [6.07, 6.45) is 1.40. The van der Waals surface area contributed by atoms with Gasteiger partial charge in [0, 0.05) is 11.8 Å². The zero-order chi connectivity index (χ0) is 15.0. The number of fused-ring (bicyclic) bond motifs is 1. The van der Waals surface area contributed by atoms with E-state index < -0.39 is 11.9 Å². The molecule has 0 spiro atoms. The second-order valence-corrected chi connectivity index (χ2v) is 4.55. The molecular weight excluding hydrogens is 271 g/mol. The number of primary amides is 1. The Morgan fingerprint density at radius 3 is 2.43 bits per heavy atom. The summed E-state index contributed by atoms with van der Waals surface area (Å²) in [5, 5.41) is 0. The van der Waals surface area contributed by atoms with E-state index in [1.54, 1.807) is 31.2 Å². The Bertz CT molecular complexity index is 863. The van der Waals surface area contributed by atoms with Gasteiger partial charge in [0.05, 0.1) is 16.7 Å². The van der Waals surface area contributed by atoms with Crippen molar-refractivity contribution in [2.45, 2.75) is 6.92 Å². The summed E-state index contributed by atoms with van der Waals surface area (Å²) in [6.45, 7) is 1.65. The Balaban J connectivity index is 2.28. The summed E-state index contributed by atoms with van der Waals surface area (Å²) in [5.41, 5.74) is 7.35. The van der Waals surface area contributed by atoms with Crippen LogP contribution in [0, 0.1) is 12.9 Å². The minimum absolute atomic E-state index is 0.00861. The van der Waals surface area contributed by atoms with E-state index >= 15 is 0 Å². The first kappa shape index (κ1) is 13.1. The fraction of sp³-hybridized carbons (Fsp3) is 0.0667. The number of para-hydroxylation sites is 2. The molecule has 6 heteroatoms. The van der Waals surface area contributed by atoms with Crippen molar-refractivity contribution >= 4 is 16.9 Å². The molecule has 21 heavy (non-hydrogen) atoms. The summed E-state index contributed by atoms with van der Waals surface area (Å²) in [4.78, 5) is 23.6. The van der Waals surface area contributed by atoms with E-state index in [-0.39, 0.29) is 17.0 Å². The lowest BCUT2D eigenvalue weighted by molar-refractivity contribution is 0.0999. The Morgan fingerprint density at radius 2 is 1.76 bits per heavy atom. The predicted octanol–water partition coefficient (Wildman–Crippen LogP) is 2.24. The standard InChI is InChI=1S/C15H11FN4O/c1-8-9(15(17)21)6-7-18-12(8)13-14(16)20-11-5-3-2-4-10(11)19-13/h2-7H,1H3,(H2,17,21). The van der Waals surface area contributed by atoms with Gasteiger partial charge < -0.3 is 5.73 Å². The van der Waals surface area contributed by atoms with Crippen LogP contribution in [0.5, 0.6) is 0 Å². The second-order valence-electron chi connectivity index (χ2n) is 4.55. The fourth-order valence-corrected chi connectivity index (χ4v) is 2.17. The average molecular weight is 282 g/mol. The van der Waals surface area contributed by atoms with Crippen LogP contribution in [-0.2, 0) is 0 Å². The van der Waals surface area contributed by atoms with Crippen molar-refractivity contribution in [1.29, 1.82) is 0 Å². The van der Waals surface area contributed by atoms with E-state index in [4.69, 9.17) is 5.73 Å². The van der Waals surface area contributed by atoms with Crippen LogP contribution in [0.4, 0.5) is 4.39 Å². The number of nitrogens with two attached hydrogens (primary N) is 1. The molecule has 1 amide bonds. The lowest BCUT2D eigenvalue weighted by Crippen LogP contribution is -2.14. The predicted molar refractivity (Wildman–Crippen MR) is 76.0 cm³/mol. The first-order valence-electron chi connectivity index (χ1n) is 6.26. The largest absolute Gasteiger partial charge is 0.366 e. The van der Waals surface area contributed by atoms with Gasteiger partial charge in [-0.25, -0.2) is 9.97 Å². The second kappa shape index (κ2) is 4.90. The lowest BCUT2D eigenvalue weighted by atomic mass is 10.1. The Hall–Kier alpha value is -2.89. The number of hydrogen-bond donors (Lipinski definition) is 1. The van der Waals surface area contributed by atoms with Crippen molar-refractivity contribution in [2.75, 3.05) is 0 Å². The molecular formula is C15H11FN4O. The number of aromatic nitrogens is 3. The van der Waals surface area contributed by atoms with Gasteiger partial charge in [0.25, 0.3) is 0 Å². The Morgan fingerprint density at radius 1 is 1.10 bits per heavy atom. The van der Waals surface area contributed by atoms with E-state index in [1.165, 1.54) is 12.3 Å². The highest BCUT2D eigenvalue weighted by Gasteiger charge is 2.17. The quantitative estimate of drug-likeness (QED) is 0.781. The van der Waals surface area contributed by atoms with Gasteiger partial charge in [-0.3, -0.25) is 9.78 Å². The molecule has 2 heterocycles. The van der Waals surface area contributed by atoms with E-state index in [1.807, 2.05) is 0 Å². The third-order valence-electron chi connectivity index (χ3n) is 3.22. The molecule has 0 saturated carbocycles. The molecule has 0 unspecified atom stereocenters. The third-order valence-corrected chi connectivity index (χ3v) is 3.22. The van der Waals surface area contributed by atoms with Gasteiger partial charge in [0.2, 0.25) is 11.9 Å². The van der Waals surface area contributed by atoms with E-state index in [0.717, 1.165) is 0 Å². The van der Waals surface area contributed by atoms with Gasteiger partial charge in [-0.15, -0.1) is 0 Å². The van der Waals surface area contributed by atoms with Gasteiger partial charge in [0.1, 0.15) is 5.69 Å². The molecule has 104 valence electrons. The number of amides is 1. The number of pyridine rings is 1. The number of hydrogen-bond acceptors (Lipinski definition) is 4. The number of benzene rings is 1. The number of halogens is 1. The SMILES string of the molecule is Cc1c(C(N)=O)ccnc1-c1nc2ccccc2nc1F. The summed E-state index contributed by atoms with van der Waals surface area (Å²) < 4.78 is 14.2. The lowest BCUT2D eigenvalue weighted by Gasteiger charge is -2.08. The Labute approximate surface area is 119 Å². The van der Waals surface area contributed by atoms with Gasteiger partial charge in [-0.05, 0) is 30.7 Å². The van der Waals surface area contributed by atoms with E-state index in [9.17, 15) is 9.18 Å². The highest BCUT2D eigenvalue weighted by Crippen LogP contribution is 2.25. The maximum atomic E-state index is 14.2. The van der Waals surface area contributed by atoms with E-state index in [0.29, 0.717) is 16.6 Å². The smallest absolute Gasteiger partial charge is 0.249 e. The van der Waals surface area contributed by atoms with Crippen LogP contribution in [-0.4, -0.2) is 20.9 Å². The maximum absolute atomic E-state index is 14.2. The summed E-state index contributed by atoms with van der Waals surface area (Å²) in [7, 11) is 0. The first-order chi connectivity index (χ1) is 10.1. The van der Waals surface area contributed by atoms with Gasteiger partial charge in [0.15, 0.2) is 0 Å². The molecule has 3 aromatic rings. The zero-order valence-corrected chi connectivity index (χ0v) is 11.2. The normalized spacial score (nSPS) is 10.8. The number of carbonyl (C=O) groups excluding carboxylic acids is 1. The van der Waals surface area contributed by atoms with Crippen molar-refractivity contribution in [3.63, 3.8) is 0 Å². The van der Waals surface area contributed by atoms with Crippen molar-refractivity contribution < 1.29 is 9.18 Å². The van der Waals surface area contributed by atoms with Gasteiger partial charge in [-0.1, -0.05) is 12.1 Å². The van der Waals surface area contributed by atoms with Crippen molar-refractivity contribution in [3.8, 4) is 11.4 Å². The zero-order valence-electron chi connectivity index (χ0n) is 11.2. The van der Waals surface area contributed by atoms with Crippen LogP contribution in [0.1, 0.15) is 15.9 Å². The van der Waals surface area contributed by atoms with Crippen LogP contribution in [0.15, 0.2) is 36.5 Å². The van der Waals surface area contributed by atoms with Crippen LogP contribution in [0.25, 0.3) is 22.4 Å². The molecule has 1 aromatic carbocycles. The minimum Gasteiger partial charge on any atom is -0.366 e. The maximum Gasteiger partial charge on any atom is 0.249 e. The molecule has 0 atom stereocenters. The minimum atomic E-state index is -0.731. The molecule has 0 bridgehead atoms. The summed E-state index contributed by atoms with van der Waals surface area (Å²) >= 11 is 0. The highest BCUT2D eigenvalue weighted by atomic mass is 19.1. The van der Waals surface area contributed by atoms with Crippen LogP contribution >= 0.6 is 0 Å². The third kappa shape index (κ3) is 2.20. The molecule has 0 radical (unpaired) electrons. The van der Waals surface area contributed by atoms with Gasteiger partial charge in [-0.2, -0.15) is 4.39 Å². The molecule has 0 fully saturated rings. The van der Waals surface area contributed by atoms with E-state index in [2.05, 4.69) is 15.0 Å². The molecule has 2 aromatic heterocycles. The number of nitrogens with zero attached hydrogens (tertiary/aromatic N) is 3. The summed E-state index contributed by atoms with van der Waals surface area (Å²) in [5.74, 6) is -1.32. The molecule has 0 aliphatic carbocycles. The molecule has 3 rings (SSSR count). The first-order valence-corrected chi connectivity index (χ1v) is 6.26. The molecule has 0 aliphatic rings. The van der Waals surface area contributed by atoms with Gasteiger partial charge >= 0.3 is 0 Å².